The summed E-state index contributed by atoms with van der Waals surface area (Å²) in [7, 11) is 0. The average molecular weight is 193 g/mol. The van der Waals surface area contributed by atoms with Gasteiger partial charge in [0.05, 0.1) is 6.61 Å². The molecule has 1 aromatic rings. The first kappa shape index (κ1) is 10.3. The van der Waals surface area contributed by atoms with Crippen LogP contribution in [0.25, 0.3) is 0 Å². The fourth-order valence-electron chi connectivity index (χ4n) is 0.824. The van der Waals surface area contributed by atoms with Crippen LogP contribution in [0.5, 0.6) is 0 Å². The molecule has 0 fully saturated rings. The smallest absolute Gasteiger partial charge is 0.353 e. The summed E-state index contributed by atoms with van der Waals surface area (Å²) in [5, 5.41) is 8.44. The molecule has 0 spiro atoms. The zero-order valence-corrected chi connectivity index (χ0v) is 7.56. The third-order valence-corrected chi connectivity index (χ3v) is 1.54. The molecule has 0 amide bonds. The molecule has 0 radical (unpaired) electrons. The van der Waals surface area contributed by atoms with E-state index in [0.29, 0.717) is 6.61 Å². The highest BCUT2D eigenvalue weighted by molar-refractivity contribution is 5.84. The average Bonchev–Trinajstić information content (AvgIpc) is 2.19. The minimum Gasteiger partial charge on any atom is -0.477 e. The maximum absolute atomic E-state index is 10.3. The number of hydrogen-bond acceptors (Lipinski definition) is 3. The van der Waals surface area contributed by atoms with Crippen LogP contribution in [0.2, 0.25) is 0 Å². The van der Waals surface area contributed by atoms with Crippen LogP contribution in [-0.4, -0.2) is 11.1 Å². The van der Waals surface area contributed by atoms with Crippen LogP contribution in [0.1, 0.15) is 5.56 Å². The molecule has 0 heterocycles. The maximum atomic E-state index is 10.3. The number of aliphatic carboxylic acids is 1. The minimum absolute atomic E-state index is 0.180. The van der Waals surface area contributed by atoms with E-state index >= 15 is 0 Å². The van der Waals surface area contributed by atoms with Crippen molar-refractivity contribution in [3.63, 3.8) is 0 Å². The van der Waals surface area contributed by atoms with Crippen LogP contribution < -0.4 is 5.48 Å². The molecule has 0 aliphatic carbocycles. The summed E-state index contributed by atoms with van der Waals surface area (Å²) in [5.74, 6) is -1.13. The van der Waals surface area contributed by atoms with Crippen molar-refractivity contribution < 1.29 is 14.7 Å². The van der Waals surface area contributed by atoms with Crippen LogP contribution in [-0.2, 0) is 16.2 Å². The van der Waals surface area contributed by atoms with Crippen LogP contribution >= 0.6 is 0 Å². The number of hydroxylamine groups is 1. The van der Waals surface area contributed by atoms with Gasteiger partial charge >= 0.3 is 5.97 Å². The minimum atomic E-state index is -1.13. The van der Waals surface area contributed by atoms with Crippen molar-refractivity contribution in [2.75, 3.05) is 0 Å². The van der Waals surface area contributed by atoms with Gasteiger partial charge < -0.3 is 5.11 Å². The van der Waals surface area contributed by atoms with E-state index < -0.39 is 5.97 Å². The molecule has 2 N–H and O–H groups in total. The summed E-state index contributed by atoms with van der Waals surface area (Å²) in [6, 6.07) is 9.42. The molecule has 0 bridgehead atoms. The Morgan fingerprint density at radius 2 is 2.07 bits per heavy atom. The van der Waals surface area contributed by atoms with Crippen LogP contribution in [0.3, 0.4) is 0 Å². The highest BCUT2D eigenvalue weighted by Gasteiger charge is 2.01. The second kappa shape index (κ2) is 5.04. The van der Waals surface area contributed by atoms with E-state index in [0.717, 1.165) is 5.56 Å². The van der Waals surface area contributed by atoms with Crippen molar-refractivity contribution in [3.05, 3.63) is 48.2 Å². The molecule has 4 nitrogen and oxygen atoms in total. The van der Waals surface area contributed by atoms with E-state index in [1.807, 2.05) is 30.3 Å². The molecule has 0 aliphatic heterocycles. The molecule has 4 heteroatoms. The Labute approximate surface area is 81.8 Å². The van der Waals surface area contributed by atoms with Gasteiger partial charge in [-0.3, -0.25) is 10.3 Å². The predicted octanol–water partition coefficient (Wildman–Crippen LogP) is 1.31. The summed E-state index contributed by atoms with van der Waals surface area (Å²) >= 11 is 0. The lowest BCUT2D eigenvalue weighted by Crippen LogP contribution is -2.19. The van der Waals surface area contributed by atoms with Crippen molar-refractivity contribution >= 4 is 5.97 Å². The highest BCUT2D eigenvalue weighted by Crippen LogP contribution is 1.99. The van der Waals surface area contributed by atoms with Gasteiger partial charge in [0.15, 0.2) is 0 Å². The number of benzene rings is 1. The first-order valence-electron chi connectivity index (χ1n) is 4.04. The summed E-state index contributed by atoms with van der Waals surface area (Å²) in [6.07, 6.45) is 0. The number of carboxylic acid groups (broad SMARTS) is 1. The van der Waals surface area contributed by atoms with Gasteiger partial charge in [-0.15, -0.1) is 0 Å². The monoisotopic (exact) mass is 193 g/mol. The molecule has 0 aliphatic rings. The van der Waals surface area contributed by atoms with E-state index in [2.05, 4.69) is 12.1 Å². The SMILES string of the molecule is C=C(NOCc1ccccc1)C(=O)O. The third-order valence-electron chi connectivity index (χ3n) is 1.54. The molecule has 0 atom stereocenters. The Morgan fingerprint density at radius 3 is 2.64 bits per heavy atom. The van der Waals surface area contributed by atoms with Crippen LogP contribution in [0.15, 0.2) is 42.6 Å². The molecule has 1 aromatic carbocycles. The number of rotatable bonds is 5. The van der Waals surface area contributed by atoms with Gasteiger partial charge in [-0.2, -0.15) is 0 Å². The van der Waals surface area contributed by atoms with Crippen molar-refractivity contribution in [2.24, 2.45) is 0 Å². The first-order valence-corrected chi connectivity index (χ1v) is 4.04. The summed E-state index contributed by atoms with van der Waals surface area (Å²) < 4.78 is 0. The number of nitrogens with one attached hydrogen (secondary N) is 1. The second-order valence-corrected chi connectivity index (χ2v) is 2.66. The maximum Gasteiger partial charge on any atom is 0.353 e. The summed E-state index contributed by atoms with van der Waals surface area (Å²) in [4.78, 5) is 15.2. The topological polar surface area (TPSA) is 58.6 Å². The van der Waals surface area contributed by atoms with Crippen LogP contribution in [0, 0.1) is 0 Å². The number of carboxylic acids is 1. The molecule has 0 aromatic heterocycles. The molecule has 0 unspecified atom stereocenters. The van der Waals surface area contributed by atoms with E-state index in [-0.39, 0.29) is 5.70 Å². The Bertz CT molecular complexity index is 321. The van der Waals surface area contributed by atoms with Gasteiger partial charge in [0.1, 0.15) is 5.70 Å². The Hall–Kier alpha value is -1.81. The lowest BCUT2D eigenvalue weighted by molar-refractivity contribution is -0.134. The van der Waals surface area contributed by atoms with Crippen molar-refractivity contribution in [1.29, 1.82) is 0 Å². The van der Waals surface area contributed by atoms with Gasteiger partial charge in [-0.1, -0.05) is 36.9 Å². The summed E-state index contributed by atoms with van der Waals surface area (Å²) in [6.45, 7) is 3.55. The fraction of sp³-hybridized carbons (Fsp3) is 0.100. The molecule has 1 rings (SSSR count). The molecule has 74 valence electrons. The van der Waals surface area contributed by atoms with E-state index in [1.165, 1.54) is 0 Å². The van der Waals surface area contributed by atoms with E-state index in [1.54, 1.807) is 0 Å². The Balaban J connectivity index is 2.29. The lowest BCUT2D eigenvalue weighted by Gasteiger charge is -2.05. The third kappa shape index (κ3) is 3.28. The van der Waals surface area contributed by atoms with Gasteiger partial charge in [0, 0.05) is 0 Å². The van der Waals surface area contributed by atoms with E-state index in [9.17, 15) is 4.79 Å². The second-order valence-electron chi connectivity index (χ2n) is 2.66. The molecule has 0 saturated carbocycles. The fourth-order valence-corrected chi connectivity index (χ4v) is 0.824. The summed E-state index contributed by atoms with van der Waals surface area (Å²) in [5.41, 5.74) is 3.01. The highest BCUT2D eigenvalue weighted by atomic mass is 16.6. The first-order chi connectivity index (χ1) is 6.70. The Morgan fingerprint density at radius 1 is 1.43 bits per heavy atom. The normalized spacial score (nSPS) is 9.43. The molecular weight excluding hydrogens is 182 g/mol. The Kier molecular flexibility index (Phi) is 3.69. The predicted molar refractivity (Wildman–Crippen MR) is 51.1 cm³/mol. The van der Waals surface area contributed by atoms with Gasteiger partial charge in [-0.05, 0) is 5.56 Å². The number of carbonyl (C=O) groups is 1. The largest absolute Gasteiger partial charge is 0.477 e. The van der Waals surface area contributed by atoms with Crippen molar-refractivity contribution in [1.82, 2.24) is 5.48 Å². The zero-order valence-electron chi connectivity index (χ0n) is 7.56. The van der Waals surface area contributed by atoms with Gasteiger partial charge in [-0.25, -0.2) is 4.79 Å². The number of hydrogen-bond donors (Lipinski definition) is 2. The quantitative estimate of drug-likeness (QED) is 0.546. The van der Waals surface area contributed by atoms with Gasteiger partial charge in [0.25, 0.3) is 0 Å². The van der Waals surface area contributed by atoms with Crippen molar-refractivity contribution in [2.45, 2.75) is 6.61 Å². The lowest BCUT2D eigenvalue weighted by atomic mass is 10.2. The molecule has 0 saturated heterocycles. The van der Waals surface area contributed by atoms with Crippen LogP contribution in [0.4, 0.5) is 0 Å². The van der Waals surface area contributed by atoms with Gasteiger partial charge in [0.2, 0.25) is 0 Å². The van der Waals surface area contributed by atoms with Crippen molar-refractivity contribution in [3.8, 4) is 0 Å². The zero-order chi connectivity index (χ0) is 10.4. The molecule has 14 heavy (non-hydrogen) atoms. The molecular formula is C10H11NO3. The standard InChI is InChI=1S/C10H11NO3/c1-8(10(12)13)11-14-7-9-5-3-2-4-6-9/h2-6,11H,1,7H2,(H,12,13). The van der Waals surface area contributed by atoms with E-state index in [4.69, 9.17) is 9.94 Å².